The quantitative estimate of drug-likeness (QED) is 0.611. The molecule has 0 atom stereocenters. The van der Waals surface area contributed by atoms with Crippen LogP contribution in [0.15, 0.2) is 30.5 Å². The minimum atomic E-state index is -1.33. The molecule has 0 spiro atoms. The first kappa shape index (κ1) is 13.7. The molecule has 3 nitrogen and oxygen atoms in total. The van der Waals surface area contributed by atoms with Crippen molar-refractivity contribution in [1.82, 2.24) is 15.0 Å². The molecule has 0 amide bonds. The molecule has 2 rings (SSSR count). The highest BCUT2D eigenvalue weighted by Crippen LogP contribution is 2.12. The van der Waals surface area contributed by atoms with Crippen LogP contribution < -0.4 is 5.32 Å². The lowest BCUT2D eigenvalue weighted by Crippen LogP contribution is -2.38. The first-order chi connectivity index (χ1) is 8.47. The zero-order valence-corrected chi connectivity index (χ0v) is 14.2. The second-order valence-electron chi connectivity index (χ2n) is 5.46. The number of rotatable bonds is 4. The normalized spacial score (nSPS) is 11.8. The number of benzene rings is 1. The molecule has 0 radical (unpaired) electrons. The van der Waals surface area contributed by atoms with Gasteiger partial charge in [-0.3, -0.25) is 4.68 Å². The summed E-state index contributed by atoms with van der Waals surface area (Å²) in [5.41, 5.74) is 1.38. The second-order valence-corrected chi connectivity index (χ2v) is 11.6. The van der Waals surface area contributed by atoms with Crippen LogP contribution in [-0.4, -0.2) is 23.1 Å². The molecule has 0 fully saturated rings. The fourth-order valence-electron chi connectivity index (χ4n) is 1.69. The van der Waals surface area contributed by atoms with Crippen LogP contribution in [0.2, 0.25) is 19.6 Å². The lowest BCUT2D eigenvalue weighted by molar-refractivity contribution is 0.588. The summed E-state index contributed by atoms with van der Waals surface area (Å²) >= 11 is 2.38. The molecule has 0 N–H and O–H groups in total. The third-order valence-electron chi connectivity index (χ3n) is 2.88. The van der Waals surface area contributed by atoms with E-state index in [1.54, 1.807) is 0 Å². The summed E-state index contributed by atoms with van der Waals surface area (Å²) in [5.74, 6) is 0. The van der Waals surface area contributed by atoms with Crippen molar-refractivity contribution in [3.63, 3.8) is 0 Å². The van der Waals surface area contributed by atoms with Gasteiger partial charge >= 0.3 is 0 Å². The number of aryl methyl sites for hydroxylation is 2. The van der Waals surface area contributed by atoms with E-state index in [0.29, 0.717) is 0 Å². The number of halogens is 1. The van der Waals surface area contributed by atoms with Gasteiger partial charge in [0.2, 0.25) is 0 Å². The van der Waals surface area contributed by atoms with E-state index in [2.05, 4.69) is 83.0 Å². The largest absolute Gasteiger partial charge is 0.252 e. The summed E-state index contributed by atoms with van der Waals surface area (Å²) in [6.45, 7) is 7.78. The molecular weight excluding hydrogens is 353 g/mol. The maximum Gasteiger partial charge on any atom is 0.106 e. The van der Waals surface area contributed by atoms with Crippen molar-refractivity contribution in [2.75, 3.05) is 0 Å². The van der Waals surface area contributed by atoms with Crippen LogP contribution in [0.25, 0.3) is 0 Å². The fourth-order valence-corrected chi connectivity index (χ4v) is 3.23. The molecule has 1 heterocycles. The molecule has 5 heteroatoms. The van der Waals surface area contributed by atoms with Crippen molar-refractivity contribution >= 4 is 36.0 Å². The van der Waals surface area contributed by atoms with Gasteiger partial charge in [0.25, 0.3) is 0 Å². The van der Waals surface area contributed by atoms with Crippen molar-refractivity contribution in [2.45, 2.75) is 32.6 Å². The highest BCUT2D eigenvalue weighted by molar-refractivity contribution is 14.1. The number of hydrogen-bond donors (Lipinski definition) is 0. The van der Waals surface area contributed by atoms with Crippen LogP contribution >= 0.6 is 22.6 Å². The van der Waals surface area contributed by atoms with Gasteiger partial charge in [-0.25, -0.2) is 0 Å². The zero-order chi connectivity index (χ0) is 13.2. The van der Waals surface area contributed by atoms with Gasteiger partial charge in [-0.2, -0.15) is 0 Å². The summed E-state index contributed by atoms with van der Waals surface area (Å²) in [4.78, 5) is 0. The molecule has 0 saturated heterocycles. The van der Waals surface area contributed by atoms with E-state index < -0.39 is 8.07 Å². The average Bonchev–Trinajstić information content (AvgIpc) is 2.76. The van der Waals surface area contributed by atoms with E-state index >= 15 is 0 Å². The predicted octanol–water partition coefficient (Wildman–Crippen LogP) is 2.67. The van der Waals surface area contributed by atoms with Crippen molar-refractivity contribution in [3.8, 4) is 0 Å². The molecule has 0 aliphatic carbocycles. The molecular formula is C13H18IN3Si. The highest BCUT2D eigenvalue weighted by Gasteiger charge is 2.20. The van der Waals surface area contributed by atoms with Crippen LogP contribution in [0.3, 0.4) is 0 Å². The Balaban J connectivity index is 2.03. The molecule has 18 heavy (non-hydrogen) atoms. The molecule has 1 aromatic heterocycles. The Morgan fingerprint density at radius 2 is 1.94 bits per heavy atom. The number of aromatic nitrogens is 3. The molecule has 0 aliphatic heterocycles. The Morgan fingerprint density at radius 3 is 2.56 bits per heavy atom. The molecule has 2 aromatic rings. The van der Waals surface area contributed by atoms with Gasteiger partial charge < -0.3 is 0 Å². The van der Waals surface area contributed by atoms with Gasteiger partial charge in [0.1, 0.15) is 8.07 Å². The Hall–Kier alpha value is -0.693. The van der Waals surface area contributed by atoms with Gasteiger partial charge in [0, 0.05) is 16.3 Å². The molecule has 0 aliphatic rings. The smallest absolute Gasteiger partial charge is 0.106 e. The van der Waals surface area contributed by atoms with E-state index in [1.165, 1.54) is 14.5 Å². The summed E-state index contributed by atoms with van der Waals surface area (Å²) in [6.07, 6.45) is 3.12. The number of nitrogens with zero attached hydrogens (tertiary/aromatic N) is 3. The van der Waals surface area contributed by atoms with Crippen molar-refractivity contribution in [2.24, 2.45) is 0 Å². The van der Waals surface area contributed by atoms with Gasteiger partial charge in [-0.05, 0) is 40.6 Å². The highest BCUT2D eigenvalue weighted by atomic mass is 127. The molecule has 1 aromatic carbocycles. The first-order valence-corrected chi connectivity index (χ1v) is 10.7. The Kier molecular flexibility index (Phi) is 4.21. The lowest BCUT2D eigenvalue weighted by atomic mass is 10.1. The third-order valence-corrected chi connectivity index (χ3v) is 5.69. The minimum Gasteiger partial charge on any atom is -0.252 e. The van der Waals surface area contributed by atoms with Crippen molar-refractivity contribution in [3.05, 3.63) is 39.6 Å². The Bertz CT molecular complexity index is 531. The van der Waals surface area contributed by atoms with Crippen LogP contribution in [0.1, 0.15) is 5.56 Å². The summed E-state index contributed by atoms with van der Waals surface area (Å²) in [7, 11) is -1.33. The lowest BCUT2D eigenvalue weighted by Gasteiger charge is -2.09. The van der Waals surface area contributed by atoms with Gasteiger partial charge in [-0.15, -0.1) is 5.10 Å². The maximum atomic E-state index is 4.29. The minimum absolute atomic E-state index is 0.900. The average molecular weight is 371 g/mol. The van der Waals surface area contributed by atoms with E-state index in [4.69, 9.17) is 0 Å². The van der Waals surface area contributed by atoms with E-state index in [1.807, 2.05) is 4.68 Å². The van der Waals surface area contributed by atoms with Crippen LogP contribution in [0, 0.1) is 3.57 Å². The topological polar surface area (TPSA) is 30.7 Å². The first-order valence-electron chi connectivity index (χ1n) is 6.11. The van der Waals surface area contributed by atoms with Crippen LogP contribution in [0.4, 0.5) is 0 Å². The summed E-state index contributed by atoms with van der Waals surface area (Å²) in [6, 6.07) is 8.49. The van der Waals surface area contributed by atoms with E-state index in [0.717, 1.165) is 13.0 Å². The summed E-state index contributed by atoms with van der Waals surface area (Å²) < 4.78 is 3.29. The zero-order valence-electron chi connectivity index (χ0n) is 11.0. The molecule has 0 bridgehead atoms. The Labute approximate surface area is 123 Å². The van der Waals surface area contributed by atoms with Gasteiger partial charge in [0.15, 0.2) is 0 Å². The van der Waals surface area contributed by atoms with Crippen molar-refractivity contribution < 1.29 is 0 Å². The third kappa shape index (κ3) is 3.41. The Morgan fingerprint density at radius 1 is 1.22 bits per heavy atom. The van der Waals surface area contributed by atoms with E-state index in [9.17, 15) is 0 Å². The molecule has 0 saturated carbocycles. The van der Waals surface area contributed by atoms with Gasteiger partial charge in [0.05, 0.1) is 5.32 Å². The second kappa shape index (κ2) is 5.52. The monoisotopic (exact) mass is 371 g/mol. The SMILES string of the molecule is C[Si](C)(C)c1cn(CCc2ccccc2I)nn1. The van der Waals surface area contributed by atoms with Crippen LogP contribution in [-0.2, 0) is 13.0 Å². The molecule has 96 valence electrons. The maximum absolute atomic E-state index is 4.29. The van der Waals surface area contributed by atoms with E-state index in [-0.39, 0.29) is 0 Å². The number of hydrogen-bond acceptors (Lipinski definition) is 2. The van der Waals surface area contributed by atoms with Crippen LogP contribution in [0.5, 0.6) is 0 Å². The van der Waals surface area contributed by atoms with Gasteiger partial charge in [-0.1, -0.05) is 43.1 Å². The summed E-state index contributed by atoms with van der Waals surface area (Å²) in [5, 5.41) is 9.71. The molecule has 0 unspecified atom stereocenters. The standard InChI is InChI=1S/C13H18IN3Si/c1-18(2,3)13-10-17(16-15-13)9-8-11-6-4-5-7-12(11)14/h4-7,10H,8-9H2,1-3H3. The fraction of sp³-hybridized carbons (Fsp3) is 0.385. The van der Waals surface area contributed by atoms with Crippen molar-refractivity contribution in [1.29, 1.82) is 0 Å². The predicted molar refractivity (Wildman–Crippen MR) is 85.9 cm³/mol.